The largest absolute Gasteiger partial charge is 0.465 e. The second-order valence-corrected chi connectivity index (χ2v) is 15.4. The molecule has 0 saturated heterocycles. The number of benzene rings is 2. The summed E-state index contributed by atoms with van der Waals surface area (Å²) in [7, 11) is -1.14. The molecule has 2 aromatic heterocycles. The number of hydrogen-bond acceptors (Lipinski definition) is 4. The van der Waals surface area contributed by atoms with Crippen LogP contribution in [0.3, 0.4) is 0 Å². The minimum absolute atomic E-state index is 0.106. The van der Waals surface area contributed by atoms with E-state index >= 15 is 0 Å². The summed E-state index contributed by atoms with van der Waals surface area (Å²) >= 11 is 0. The molecule has 0 unspecified atom stereocenters. The third-order valence-corrected chi connectivity index (χ3v) is 7.35. The number of para-hydroxylation sites is 2. The fourth-order valence-corrected chi connectivity index (χ4v) is 4.46. The summed E-state index contributed by atoms with van der Waals surface area (Å²) < 4.78 is 26.4. The van der Waals surface area contributed by atoms with Gasteiger partial charge in [0.25, 0.3) is 5.56 Å². The third-order valence-electron chi connectivity index (χ3n) is 5.65. The molecule has 0 bridgehead atoms. The molecule has 0 aliphatic heterocycles. The summed E-state index contributed by atoms with van der Waals surface area (Å²) in [6.45, 7) is 7.85. The fraction of sp³-hybridized carbons (Fsp3) is 0.250. The van der Waals surface area contributed by atoms with Crippen molar-refractivity contribution in [2.75, 3.05) is 18.7 Å². The van der Waals surface area contributed by atoms with Crippen molar-refractivity contribution in [1.29, 1.82) is 0 Å². The van der Waals surface area contributed by atoms with Crippen LogP contribution < -0.4 is 15.6 Å². The average molecular weight is 491 g/mol. The normalized spacial score (nSPS) is 11.5. The SMILES string of the molecule is C[Si](C)(C)CCOCOc1ccccc1Nc1ccn2c(=O)cc(Cc3ccc(F)cc3)cc2c1. The lowest BCUT2D eigenvalue weighted by Gasteiger charge is -2.17. The van der Waals surface area contributed by atoms with Crippen molar-refractivity contribution >= 4 is 25.0 Å². The van der Waals surface area contributed by atoms with Crippen LogP contribution in [0.2, 0.25) is 25.7 Å². The molecule has 2 heterocycles. The van der Waals surface area contributed by atoms with Gasteiger partial charge in [-0.25, -0.2) is 4.39 Å². The van der Waals surface area contributed by atoms with Crippen molar-refractivity contribution in [3.63, 3.8) is 0 Å². The number of fused-ring (bicyclic) bond motifs is 1. The quantitative estimate of drug-likeness (QED) is 0.157. The molecule has 182 valence electrons. The second-order valence-electron chi connectivity index (χ2n) is 9.82. The van der Waals surface area contributed by atoms with Crippen LogP contribution in [0, 0.1) is 5.82 Å². The van der Waals surface area contributed by atoms with Gasteiger partial charge < -0.3 is 14.8 Å². The molecular weight excluding hydrogens is 459 g/mol. The topological polar surface area (TPSA) is 52.0 Å². The highest BCUT2D eigenvalue weighted by Gasteiger charge is 2.12. The van der Waals surface area contributed by atoms with Crippen LogP contribution >= 0.6 is 0 Å². The van der Waals surface area contributed by atoms with E-state index in [1.165, 1.54) is 12.1 Å². The van der Waals surface area contributed by atoms with Crippen molar-refractivity contribution < 1.29 is 13.9 Å². The van der Waals surface area contributed by atoms with Crippen LogP contribution in [0.4, 0.5) is 15.8 Å². The number of nitrogens with zero attached hydrogens (tertiary/aromatic N) is 1. The second kappa shape index (κ2) is 10.9. The maximum atomic E-state index is 13.2. The maximum absolute atomic E-state index is 13.2. The summed E-state index contributed by atoms with van der Waals surface area (Å²) in [6.07, 6.45) is 2.31. The summed E-state index contributed by atoms with van der Waals surface area (Å²) in [5.74, 6) is 0.424. The van der Waals surface area contributed by atoms with E-state index < -0.39 is 8.07 Å². The molecule has 0 fully saturated rings. The Hall–Kier alpha value is -3.42. The van der Waals surface area contributed by atoms with Gasteiger partial charge in [-0.15, -0.1) is 0 Å². The fourth-order valence-electron chi connectivity index (χ4n) is 3.70. The van der Waals surface area contributed by atoms with Crippen molar-refractivity contribution in [3.8, 4) is 5.75 Å². The molecular formula is C28H31FN2O3Si. The molecule has 7 heteroatoms. The smallest absolute Gasteiger partial charge is 0.255 e. The van der Waals surface area contributed by atoms with E-state index in [4.69, 9.17) is 9.47 Å². The Morgan fingerprint density at radius 3 is 2.49 bits per heavy atom. The van der Waals surface area contributed by atoms with Crippen molar-refractivity contribution in [3.05, 3.63) is 106 Å². The van der Waals surface area contributed by atoms with Crippen LogP contribution in [0.1, 0.15) is 11.1 Å². The molecule has 4 aromatic rings. The van der Waals surface area contributed by atoms with E-state index in [9.17, 15) is 9.18 Å². The Morgan fingerprint density at radius 2 is 1.71 bits per heavy atom. The molecule has 4 rings (SSSR count). The number of anilines is 2. The van der Waals surface area contributed by atoms with Crippen molar-refractivity contribution in [1.82, 2.24) is 4.40 Å². The Kier molecular flexibility index (Phi) is 7.68. The molecule has 5 nitrogen and oxygen atoms in total. The Labute approximate surface area is 206 Å². The van der Waals surface area contributed by atoms with Gasteiger partial charge in [0.15, 0.2) is 6.79 Å². The number of hydrogen-bond donors (Lipinski definition) is 1. The van der Waals surface area contributed by atoms with Gasteiger partial charge in [-0.1, -0.05) is 43.9 Å². The molecule has 0 aliphatic rings. The van der Waals surface area contributed by atoms with Gasteiger partial charge in [0.1, 0.15) is 11.6 Å². The number of nitrogens with one attached hydrogen (secondary N) is 1. The van der Waals surface area contributed by atoms with Crippen LogP contribution in [0.5, 0.6) is 5.75 Å². The van der Waals surface area contributed by atoms with E-state index in [2.05, 4.69) is 25.0 Å². The third kappa shape index (κ3) is 7.04. The first-order chi connectivity index (χ1) is 16.8. The zero-order chi connectivity index (χ0) is 24.8. The lowest BCUT2D eigenvalue weighted by molar-refractivity contribution is 0.0225. The molecule has 0 saturated carbocycles. The predicted octanol–water partition coefficient (Wildman–Crippen LogP) is 6.46. The monoisotopic (exact) mass is 490 g/mol. The zero-order valence-electron chi connectivity index (χ0n) is 20.4. The first-order valence-corrected chi connectivity index (χ1v) is 15.4. The first-order valence-electron chi connectivity index (χ1n) is 11.7. The average Bonchev–Trinajstić information content (AvgIpc) is 2.80. The zero-order valence-corrected chi connectivity index (χ0v) is 21.4. The minimum Gasteiger partial charge on any atom is -0.465 e. The highest BCUT2D eigenvalue weighted by atomic mass is 28.3. The van der Waals surface area contributed by atoms with Gasteiger partial charge >= 0.3 is 0 Å². The Morgan fingerprint density at radius 1 is 0.943 bits per heavy atom. The summed E-state index contributed by atoms with van der Waals surface area (Å²) in [6, 6.07) is 22.5. The Balaban J connectivity index is 1.48. The van der Waals surface area contributed by atoms with Crippen molar-refractivity contribution in [2.45, 2.75) is 32.1 Å². The molecule has 0 atom stereocenters. The van der Waals surface area contributed by atoms with Gasteiger partial charge in [0.05, 0.1) is 11.2 Å². The molecule has 2 aromatic carbocycles. The van der Waals surface area contributed by atoms with Crippen LogP contribution in [-0.2, 0) is 11.2 Å². The number of ether oxygens (including phenoxy) is 2. The van der Waals surface area contributed by atoms with Gasteiger partial charge in [-0.2, -0.15) is 0 Å². The summed E-state index contributed by atoms with van der Waals surface area (Å²) in [5, 5.41) is 3.39. The van der Waals surface area contributed by atoms with Crippen LogP contribution in [0.25, 0.3) is 5.52 Å². The van der Waals surface area contributed by atoms with Gasteiger partial charge in [-0.3, -0.25) is 9.20 Å². The minimum atomic E-state index is -1.14. The number of halogens is 1. The molecule has 0 spiro atoms. The van der Waals surface area contributed by atoms with Gasteiger partial charge in [0, 0.05) is 32.6 Å². The molecule has 1 N–H and O–H groups in total. The standard InChI is InChI=1S/C28H31FN2O3Si/c1-35(2,3)15-14-33-20-34-27-7-5-4-6-26(27)30-24-12-13-31-25(19-24)17-22(18-28(31)32)16-21-8-10-23(29)11-9-21/h4-13,17-19,30H,14-16,20H2,1-3H3. The van der Waals surface area contributed by atoms with E-state index in [-0.39, 0.29) is 18.2 Å². The van der Waals surface area contributed by atoms with Crippen molar-refractivity contribution in [2.24, 2.45) is 0 Å². The number of rotatable bonds is 10. The van der Waals surface area contributed by atoms with Crippen LogP contribution in [-0.4, -0.2) is 25.9 Å². The summed E-state index contributed by atoms with van der Waals surface area (Å²) in [4.78, 5) is 12.7. The molecule has 35 heavy (non-hydrogen) atoms. The lowest BCUT2D eigenvalue weighted by atomic mass is 10.1. The number of aromatic nitrogens is 1. The molecule has 0 amide bonds. The Bertz CT molecular complexity index is 1350. The first kappa shape index (κ1) is 24.7. The van der Waals surface area contributed by atoms with Gasteiger partial charge in [-0.05, 0) is 66.1 Å². The molecule has 0 aliphatic carbocycles. The lowest BCUT2D eigenvalue weighted by Crippen LogP contribution is -2.22. The predicted molar refractivity (Wildman–Crippen MR) is 142 cm³/mol. The summed E-state index contributed by atoms with van der Waals surface area (Å²) in [5.41, 5.74) is 4.13. The number of pyridine rings is 2. The van der Waals surface area contributed by atoms with Crippen LogP contribution in [0.15, 0.2) is 83.8 Å². The van der Waals surface area contributed by atoms with E-state index in [0.717, 1.165) is 34.1 Å². The maximum Gasteiger partial charge on any atom is 0.255 e. The van der Waals surface area contributed by atoms with Gasteiger partial charge in [0.2, 0.25) is 0 Å². The molecule has 0 radical (unpaired) electrons. The highest BCUT2D eigenvalue weighted by molar-refractivity contribution is 6.76. The van der Waals surface area contributed by atoms with E-state index in [1.54, 1.807) is 28.8 Å². The van der Waals surface area contributed by atoms with E-state index in [0.29, 0.717) is 18.8 Å². The van der Waals surface area contributed by atoms with E-state index in [1.807, 2.05) is 42.5 Å². The highest BCUT2D eigenvalue weighted by Crippen LogP contribution is 2.28.